The van der Waals surface area contributed by atoms with Gasteiger partial charge in [-0.25, -0.2) is 0 Å². The third kappa shape index (κ3) is 2.52. The Morgan fingerprint density at radius 1 is 1.29 bits per heavy atom. The van der Waals surface area contributed by atoms with E-state index in [1.54, 1.807) is 0 Å². The minimum atomic E-state index is 0.178. The Balaban J connectivity index is 3.30. The number of hydrogen-bond donors (Lipinski definition) is 0. The Labute approximate surface area is 99.8 Å². The fourth-order valence-electron chi connectivity index (χ4n) is 1.31. The second-order valence-corrected chi connectivity index (χ2v) is 5.75. The molecule has 1 aromatic rings. The highest BCUT2D eigenvalue weighted by Crippen LogP contribution is 2.30. The van der Waals surface area contributed by atoms with Gasteiger partial charge in [-0.2, -0.15) is 0 Å². The average Bonchev–Trinajstić information content (AvgIpc) is 2.07. The van der Waals surface area contributed by atoms with Crippen molar-refractivity contribution in [2.75, 3.05) is 0 Å². The summed E-state index contributed by atoms with van der Waals surface area (Å²) in [6.45, 7) is 8.72. The molecule has 14 heavy (non-hydrogen) atoms. The Morgan fingerprint density at radius 2 is 1.86 bits per heavy atom. The topological polar surface area (TPSA) is 0 Å². The van der Waals surface area contributed by atoms with E-state index in [1.165, 1.54) is 16.7 Å². The molecule has 0 aliphatic heterocycles. The van der Waals surface area contributed by atoms with E-state index in [9.17, 15) is 0 Å². The van der Waals surface area contributed by atoms with Gasteiger partial charge >= 0.3 is 0 Å². The first-order chi connectivity index (χ1) is 6.36. The van der Waals surface area contributed by atoms with E-state index < -0.39 is 0 Å². The number of rotatable bonds is 1. The summed E-state index contributed by atoms with van der Waals surface area (Å²) in [5, 5.41) is 0. The highest BCUT2D eigenvalue weighted by Gasteiger charge is 2.16. The Kier molecular flexibility index (Phi) is 3.65. The maximum Gasteiger partial charge on any atom is 0.0477 e. The molecule has 0 unspecified atom stereocenters. The molecule has 0 radical (unpaired) electrons. The summed E-state index contributed by atoms with van der Waals surface area (Å²) in [6, 6.07) is 4.39. The van der Waals surface area contributed by atoms with Crippen LogP contribution >= 0.6 is 27.5 Å². The summed E-state index contributed by atoms with van der Waals surface area (Å²) in [5.74, 6) is 0.578. The van der Waals surface area contributed by atoms with Crippen molar-refractivity contribution in [3.05, 3.63) is 33.3 Å². The van der Waals surface area contributed by atoms with Gasteiger partial charge < -0.3 is 0 Å². The highest BCUT2D eigenvalue weighted by atomic mass is 79.9. The van der Waals surface area contributed by atoms with E-state index in [-0.39, 0.29) is 5.41 Å². The van der Waals surface area contributed by atoms with Gasteiger partial charge in [-0.1, -0.05) is 42.8 Å². The lowest BCUT2D eigenvalue weighted by Crippen LogP contribution is -2.12. The van der Waals surface area contributed by atoms with Crippen molar-refractivity contribution in [3.8, 4) is 0 Å². The van der Waals surface area contributed by atoms with Gasteiger partial charge in [-0.3, -0.25) is 0 Å². The van der Waals surface area contributed by atoms with Crippen LogP contribution in [0.4, 0.5) is 0 Å². The summed E-state index contributed by atoms with van der Waals surface area (Å²) in [4.78, 5) is 0. The summed E-state index contributed by atoms with van der Waals surface area (Å²) >= 11 is 9.48. The molecular weight excluding hydrogens is 259 g/mol. The van der Waals surface area contributed by atoms with Crippen molar-refractivity contribution < 1.29 is 0 Å². The van der Waals surface area contributed by atoms with Gasteiger partial charge in [0.05, 0.1) is 0 Å². The maximum absolute atomic E-state index is 5.91. The average molecular weight is 276 g/mol. The van der Waals surface area contributed by atoms with Gasteiger partial charge in [0.25, 0.3) is 0 Å². The molecule has 0 saturated heterocycles. The standard InChI is InChI=1S/C12H16BrCl/c1-8-9(7-14)5-10(6-11(8)13)12(2,3)4/h5-6H,7H2,1-4H3. The Bertz CT molecular complexity index is 337. The van der Waals surface area contributed by atoms with Crippen LogP contribution in [0, 0.1) is 6.92 Å². The van der Waals surface area contributed by atoms with E-state index in [0.29, 0.717) is 5.88 Å². The van der Waals surface area contributed by atoms with Crippen molar-refractivity contribution in [3.63, 3.8) is 0 Å². The first kappa shape index (κ1) is 12.1. The van der Waals surface area contributed by atoms with Crippen LogP contribution in [0.15, 0.2) is 16.6 Å². The number of halogens is 2. The Morgan fingerprint density at radius 3 is 2.29 bits per heavy atom. The van der Waals surface area contributed by atoms with Crippen LogP contribution < -0.4 is 0 Å². The van der Waals surface area contributed by atoms with Crippen LogP contribution in [0.3, 0.4) is 0 Å². The molecule has 0 saturated carbocycles. The van der Waals surface area contributed by atoms with Gasteiger partial charge in [-0.05, 0) is 35.1 Å². The van der Waals surface area contributed by atoms with Gasteiger partial charge in [0.1, 0.15) is 0 Å². The van der Waals surface area contributed by atoms with Crippen LogP contribution in [-0.4, -0.2) is 0 Å². The lowest BCUT2D eigenvalue weighted by Gasteiger charge is -2.21. The number of hydrogen-bond acceptors (Lipinski definition) is 0. The molecule has 0 aromatic heterocycles. The predicted octanol–water partition coefficient (Wildman–Crippen LogP) is 4.79. The molecule has 0 aliphatic carbocycles. The van der Waals surface area contributed by atoms with Crippen LogP contribution in [0.1, 0.15) is 37.5 Å². The number of benzene rings is 1. The van der Waals surface area contributed by atoms with Gasteiger partial charge in [0.2, 0.25) is 0 Å². The minimum Gasteiger partial charge on any atom is -0.122 e. The normalized spacial score (nSPS) is 11.9. The van der Waals surface area contributed by atoms with Gasteiger partial charge in [-0.15, -0.1) is 11.6 Å². The molecule has 2 heteroatoms. The lowest BCUT2D eigenvalue weighted by molar-refractivity contribution is 0.589. The second kappa shape index (κ2) is 4.24. The van der Waals surface area contributed by atoms with Crippen molar-refractivity contribution in [1.29, 1.82) is 0 Å². The quantitative estimate of drug-likeness (QED) is 0.646. The molecule has 1 aromatic carbocycles. The summed E-state index contributed by atoms with van der Waals surface area (Å²) in [5.41, 5.74) is 3.96. The predicted molar refractivity (Wildman–Crippen MR) is 67.1 cm³/mol. The monoisotopic (exact) mass is 274 g/mol. The molecule has 0 fully saturated rings. The van der Waals surface area contributed by atoms with Crippen LogP contribution in [0.5, 0.6) is 0 Å². The largest absolute Gasteiger partial charge is 0.122 e. The smallest absolute Gasteiger partial charge is 0.0477 e. The van der Waals surface area contributed by atoms with Gasteiger partial charge in [0, 0.05) is 10.4 Å². The molecule has 0 bridgehead atoms. The molecule has 78 valence electrons. The summed E-state index contributed by atoms with van der Waals surface area (Å²) in [6.07, 6.45) is 0. The molecule has 0 atom stereocenters. The van der Waals surface area contributed by atoms with Crippen LogP contribution in [-0.2, 0) is 11.3 Å². The minimum absolute atomic E-state index is 0.178. The SMILES string of the molecule is Cc1c(Br)cc(C(C)(C)C)cc1CCl. The molecule has 0 N–H and O–H groups in total. The molecule has 0 amide bonds. The van der Waals surface area contributed by atoms with Crippen molar-refractivity contribution >= 4 is 27.5 Å². The van der Waals surface area contributed by atoms with Crippen molar-refractivity contribution in [2.24, 2.45) is 0 Å². The molecule has 0 spiro atoms. The second-order valence-electron chi connectivity index (χ2n) is 4.63. The van der Waals surface area contributed by atoms with E-state index in [4.69, 9.17) is 11.6 Å². The van der Waals surface area contributed by atoms with Crippen molar-refractivity contribution in [1.82, 2.24) is 0 Å². The third-order valence-corrected chi connectivity index (χ3v) is 3.57. The zero-order valence-corrected chi connectivity index (χ0v) is 11.5. The van der Waals surface area contributed by atoms with Crippen LogP contribution in [0.25, 0.3) is 0 Å². The highest BCUT2D eigenvalue weighted by molar-refractivity contribution is 9.10. The van der Waals surface area contributed by atoms with E-state index in [0.717, 1.165) is 4.47 Å². The molecular formula is C12H16BrCl. The fraction of sp³-hybridized carbons (Fsp3) is 0.500. The van der Waals surface area contributed by atoms with Gasteiger partial charge in [0.15, 0.2) is 0 Å². The summed E-state index contributed by atoms with van der Waals surface area (Å²) in [7, 11) is 0. The molecule has 0 nitrogen and oxygen atoms in total. The maximum atomic E-state index is 5.91. The zero-order valence-electron chi connectivity index (χ0n) is 9.12. The van der Waals surface area contributed by atoms with E-state index >= 15 is 0 Å². The zero-order chi connectivity index (χ0) is 10.9. The Hall–Kier alpha value is -0.0100. The molecule has 0 aliphatic rings. The first-order valence-electron chi connectivity index (χ1n) is 4.71. The van der Waals surface area contributed by atoms with Crippen molar-refractivity contribution in [2.45, 2.75) is 39.0 Å². The van der Waals surface area contributed by atoms with E-state index in [2.05, 4.69) is 55.8 Å². The molecule has 0 heterocycles. The first-order valence-corrected chi connectivity index (χ1v) is 6.04. The lowest BCUT2D eigenvalue weighted by atomic mass is 9.85. The fourth-order valence-corrected chi connectivity index (χ4v) is 2.09. The summed E-state index contributed by atoms with van der Waals surface area (Å²) < 4.78 is 1.15. The van der Waals surface area contributed by atoms with Crippen LogP contribution in [0.2, 0.25) is 0 Å². The number of alkyl halides is 1. The molecule has 1 rings (SSSR count). The third-order valence-electron chi connectivity index (χ3n) is 2.46. The van der Waals surface area contributed by atoms with E-state index in [1.807, 2.05) is 0 Å².